The van der Waals surface area contributed by atoms with Crippen molar-refractivity contribution in [3.63, 3.8) is 0 Å². The first kappa shape index (κ1) is 15.6. The number of nitrogens with two attached hydrogens (primary N) is 2. The third-order valence-corrected chi connectivity index (χ3v) is 5.29. The fourth-order valence-corrected chi connectivity index (χ4v) is 4.09. The van der Waals surface area contributed by atoms with Crippen molar-refractivity contribution >= 4 is 46.6 Å². The van der Waals surface area contributed by atoms with Crippen LogP contribution >= 0.6 is 24.0 Å². The molecule has 7 heteroatoms. The molecule has 23 heavy (non-hydrogen) atoms. The molecule has 0 unspecified atom stereocenters. The molecule has 0 atom stereocenters. The molecule has 2 aromatic heterocycles. The molecule has 3 rings (SSSR count). The van der Waals surface area contributed by atoms with E-state index in [0.29, 0.717) is 22.3 Å². The zero-order valence-electron chi connectivity index (χ0n) is 12.3. The van der Waals surface area contributed by atoms with Crippen LogP contribution < -0.4 is 16.2 Å². The highest BCUT2D eigenvalue weighted by Crippen LogP contribution is 2.48. The van der Waals surface area contributed by atoms with Gasteiger partial charge in [0.1, 0.15) is 11.6 Å². The Bertz CT molecular complexity index is 821. The number of anilines is 1. The van der Waals surface area contributed by atoms with Gasteiger partial charge in [-0.2, -0.15) is 0 Å². The van der Waals surface area contributed by atoms with Crippen LogP contribution in [0.25, 0.3) is 10.6 Å². The highest BCUT2D eigenvalue weighted by atomic mass is 32.1. The Hall–Kier alpha value is -2.25. The number of rotatable bonds is 4. The van der Waals surface area contributed by atoms with Gasteiger partial charge in [-0.15, -0.1) is 12.6 Å². The quantitative estimate of drug-likeness (QED) is 0.502. The molecule has 2 heterocycles. The van der Waals surface area contributed by atoms with Gasteiger partial charge in [-0.3, -0.25) is 0 Å². The molecule has 5 nitrogen and oxygen atoms in total. The molecule has 1 aliphatic carbocycles. The molecule has 0 bridgehead atoms. The van der Waals surface area contributed by atoms with E-state index in [4.69, 9.17) is 21.6 Å². The summed E-state index contributed by atoms with van der Waals surface area (Å²) in [5.41, 5.74) is 14.9. The van der Waals surface area contributed by atoms with E-state index in [1.807, 2.05) is 0 Å². The molecule has 2 aromatic rings. The number of fused-ring (bicyclic) bond motifs is 1. The van der Waals surface area contributed by atoms with Crippen LogP contribution in [0.1, 0.15) is 22.4 Å². The lowest BCUT2D eigenvalue weighted by Crippen LogP contribution is -2.05. The molecule has 0 amide bonds. The summed E-state index contributed by atoms with van der Waals surface area (Å²) in [5, 5.41) is 8.22. The van der Waals surface area contributed by atoms with Crippen LogP contribution in [-0.4, -0.2) is 11.2 Å². The van der Waals surface area contributed by atoms with Gasteiger partial charge in [0.05, 0.1) is 11.1 Å². The third kappa shape index (κ3) is 2.85. The summed E-state index contributed by atoms with van der Waals surface area (Å²) in [4.78, 5) is 5.69. The van der Waals surface area contributed by atoms with Gasteiger partial charge in [-0.25, -0.2) is 4.98 Å². The lowest BCUT2D eigenvalue weighted by Gasteiger charge is -2.17. The zero-order chi connectivity index (χ0) is 16.6. The van der Waals surface area contributed by atoms with Gasteiger partial charge in [-0.05, 0) is 36.1 Å². The third-order valence-electron chi connectivity index (χ3n) is 3.60. The second-order valence-corrected chi connectivity index (χ2v) is 6.57. The standard InChI is InChI=1S/C16H16N4OS2/c1-8(18)15-11-4-2-9(6-17)14(22)13(11)16(23-15)21-10-3-5-12(19)20-7-10/h3,5-7,17,22H,1-2,4,18H2,(H2,19,20). The maximum atomic E-state index is 7.54. The fraction of sp³-hybridized carbons (Fsp3) is 0.125. The van der Waals surface area contributed by atoms with Gasteiger partial charge in [0.25, 0.3) is 0 Å². The number of aromatic nitrogens is 1. The number of nitrogens with one attached hydrogen (secondary N) is 1. The van der Waals surface area contributed by atoms with Crippen LogP contribution in [0, 0.1) is 5.41 Å². The van der Waals surface area contributed by atoms with Crippen LogP contribution in [-0.2, 0) is 6.42 Å². The van der Waals surface area contributed by atoms with Crippen molar-refractivity contribution < 1.29 is 4.74 Å². The van der Waals surface area contributed by atoms with E-state index in [1.54, 1.807) is 18.3 Å². The molecule has 5 N–H and O–H groups in total. The van der Waals surface area contributed by atoms with E-state index in [9.17, 15) is 0 Å². The topological polar surface area (TPSA) is 98.0 Å². The fourth-order valence-electron chi connectivity index (χ4n) is 2.49. The van der Waals surface area contributed by atoms with E-state index in [-0.39, 0.29) is 0 Å². The van der Waals surface area contributed by atoms with Crippen molar-refractivity contribution in [2.45, 2.75) is 12.8 Å². The largest absolute Gasteiger partial charge is 0.444 e. The first-order chi connectivity index (χ1) is 11.0. The van der Waals surface area contributed by atoms with Crippen molar-refractivity contribution in [2.75, 3.05) is 5.73 Å². The minimum Gasteiger partial charge on any atom is -0.444 e. The van der Waals surface area contributed by atoms with Crippen molar-refractivity contribution in [3.05, 3.63) is 46.5 Å². The summed E-state index contributed by atoms with van der Waals surface area (Å²) in [6.07, 6.45) is 4.46. The van der Waals surface area contributed by atoms with Gasteiger partial charge in [0.2, 0.25) is 0 Å². The molecule has 0 radical (unpaired) electrons. The average molecular weight is 344 g/mol. The number of nitrogens with zero attached hydrogens (tertiary/aromatic N) is 1. The van der Waals surface area contributed by atoms with E-state index >= 15 is 0 Å². The highest BCUT2D eigenvalue weighted by Gasteiger charge is 2.27. The number of allylic oxidation sites excluding steroid dienone is 1. The first-order valence-electron chi connectivity index (χ1n) is 6.94. The van der Waals surface area contributed by atoms with Crippen molar-refractivity contribution in [2.24, 2.45) is 5.73 Å². The number of thiophene rings is 1. The summed E-state index contributed by atoms with van der Waals surface area (Å²) in [6, 6.07) is 3.44. The molecule has 0 saturated carbocycles. The number of ether oxygens (including phenoxy) is 1. The maximum Gasteiger partial charge on any atom is 0.190 e. The molecule has 0 saturated heterocycles. The molecule has 0 aliphatic heterocycles. The second kappa shape index (κ2) is 6.10. The normalized spacial score (nSPS) is 13.6. The summed E-state index contributed by atoms with van der Waals surface area (Å²) in [5.74, 6) is 1.02. The van der Waals surface area contributed by atoms with Crippen LogP contribution in [0.15, 0.2) is 30.5 Å². The van der Waals surface area contributed by atoms with Crippen LogP contribution in [0.5, 0.6) is 10.8 Å². The Morgan fingerprint density at radius 2 is 2.22 bits per heavy atom. The molecule has 0 spiro atoms. The van der Waals surface area contributed by atoms with Crippen LogP contribution in [0.2, 0.25) is 0 Å². The number of nitrogen functional groups attached to an aromatic ring is 1. The minimum atomic E-state index is 0.433. The number of hydrogen-bond acceptors (Lipinski definition) is 7. The second-order valence-electron chi connectivity index (χ2n) is 5.14. The van der Waals surface area contributed by atoms with Crippen molar-refractivity contribution in [1.82, 2.24) is 4.98 Å². The Labute approximate surface area is 143 Å². The molecule has 1 aliphatic rings. The summed E-state index contributed by atoms with van der Waals surface area (Å²) in [6.45, 7) is 3.85. The molecular formula is C16H16N4OS2. The predicted molar refractivity (Wildman–Crippen MR) is 99.3 cm³/mol. The molecule has 0 aromatic carbocycles. The number of thiol groups is 1. The monoisotopic (exact) mass is 344 g/mol. The smallest absolute Gasteiger partial charge is 0.190 e. The van der Waals surface area contributed by atoms with Crippen LogP contribution in [0.3, 0.4) is 0 Å². The van der Waals surface area contributed by atoms with Crippen molar-refractivity contribution in [1.29, 1.82) is 5.41 Å². The van der Waals surface area contributed by atoms with E-state index in [2.05, 4.69) is 24.2 Å². The lowest BCUT2D eigenvalue weighted by molar-refractivity contribution is 0.492. The van der Waals surface area contributed by atoms with Gasteiger partial charge >= 0.3 is 0 Å². The maximum absolute atomic E-state index is 7.54. The minimum absolute atomic E-state index is 0.433. The highest BCUT2D eigenvalue weighted by molar-refractivity contribution is 7.90. The van der Waals surface area contributed by atoms with Gasteiger partial charge in [0, 0.05) is 22.4 Å². The SMILES string of the molecule is C=C(N)c1sc(Oc2ccc(N)nc2)c2c1CCC(C=N)=C2S. The summed E-state index contributed by atoms with van der Waals surface area (Å²) >= 11 is 6.03. The molecule has 118 valence electrons. The molecular weight excluding hydrogens is 328 g/mol. The Morgan fingerprint density at radius 3 is 2.83 bits per heavy atom. The number of hydrogen-bond donors (Lipinski definition) is 4. The van der Waals surface area contributed by atoms with Crippen molar-refractivity contribution in [3.8, 4) is 10.8 Å². The first-order valence-corrected chi connectivity index (χ1v) is 8.20. The molecule has 0 fully saturated rings. The van der Waals surface area contributed by atoms with E-state index < -0.39 is 0 Å². The van der Waals surface area contributed by atoms with E-state index in [0.717, 1.165) is 39.3 Å². The van der Waals surface area contributed by atoms with Gasteiger partial charge < -0.3 is 21.6 Å². The summed E-state index contributed by atoms with van der Waals surface area (Å²) in [7, 11) is 0. The Kier molecular flexibility index (Phi) is 4.14. The average Bonchev–Trinajstić information content (AvgIpc) is 2.90. The zero-order valence-corrected chi connectivity index (χ0v) is 14.0. The predicted octanol–water partition coefficient (Wildman–Crippen LogP) is 3.68. The Morgan fingerprint density at radius 1 is 1.43 bits per heavy atom. The Balaban J connectivity index is 2.11. The van der Waals surface area contributed by atoms with E-state index in [1.165, 1.54) is 17.6 Å². The lowest BCUT2D eigenvalue weighted by atomic mass is 9.93. The van der Waals surface area contributed by atoms with Crippen LogP contribution in [0.4, 0.5) is 5.82 Å². The summed E-state index contributed by atoms with van der Waals surface area (Å²) < 4.78 is 5.97. The number of pyridine rings is 1. The van der Waals surface area contributed by atoms with Gasteiger partial charge in [0.15, 0.2) is 5.06 Å². The van der Waals surface area contributed by atoms with Gasteiger partial charge in [-0.1, -0.05) is 17.9 Å².